The summed E-state index contributed by atoms with van der Waals surface area (Å²) in [6, 6.07) is 0.648. The molecule has 0 radical (unpaired) electrons. The molecule has 0 spiro atoms. The van der Waals surface area contributed by atoms with Crippen LogP contribution in [0.1, 0.15) is 32.1 Å². The molecule has 0 saturated carbocycles. The van der Waals surface area contributed by atoms with Crippen LogP contribution < -0.4 is 5.32 Å². The van der Waals surface area contributed by atoms with Gasteiger partial charge in [0.15, 0.2) is 0 Å². The maximum absolute atomic E-state index is 12.1. The monoisotopic (exact) mass is 193 g/mol. The molecule has 0 aromatic heterocycles. The molecule has 3 atom stereocenters. The van der Waals surface area contributed by atoms with Crippen LogP contribution >= 0.6 is 0 Å². The molecule has 2 rings (SSSR count). The molecule has 2 fully saturated rings. The van der Waals surface area contributed by atoms with E-state index in [1.807, 2.05) is 0 Å². The highest BCUT2D eigenvalue weighted by atomic mass is 19.4. The van der Waals surface area contributed by atoms with Gasteiger partial charge in [-0.1, -0.05) is 0 Å². The molecule has 2 bridgehead atoms. The van der Waals surface area contributed by atoms with Gasteiger partial charge in [-0.05, 0) is 31.6 Å². The second-order valence-corrected chi connectivity index (χ2v) is 4.20. The lowest BCUT2D eigenvalue weighted by molar-refractivity contribution is -0.148. The first-order chi connectivity index (χ1) is 6.04. The second kappa shape index (κ2) is 3.15. The van der Waals surface area contributed by atoms with Gasteiger partial charge < -0.3 is 5.32 Å². The second-order valence-electron chi connectivity index (χ2n) is 4.20. The van der Waals surface area contributed by atoms with Gasteiger partial charge in [-0.3, -0.25) is 0 Å². The van der Waals surface area contributed by atoms with E-state index in [0.29, 0.717) is 6.04 Å². The maximum atomic E-state index is 12.1. The third kappa shape index (κ3) is 2.16. The van der Waals surface area contributed by atoms with Gasteiger partial charge in [-0.25, -0.2) is 0 Å². The lowest BCUT2D eigenvalue weighted by Gasteiger charge is -2.30. The zero-order chi connectivity index (χ0) is 9.47. The van der Waals surface area contributed by atoms with Crippen LogP contribution in [-0.2, 0) is 0 Å². The third-order valence-corrected chi connectivity index (χ3v) is 3.22. The van der Waals surface area contributed by atoms with Crippen LogP contribution in [-0.4, -0.2) is 18.3 Å². The molecular weight excluding hydrogens is 179 g/mol. The van der Waals surface area contributed by atoms with Crippen molar-refractivity contribution in [3.63, 3.8) is 0 Å². The molecule has 0 aromatic rings. The Hall–Kier alpha value is -0.250. The van der Waals surface area contributed by atoms with Crippen LogP contribution in [0.5, 0.6) is 0 Å². The Morgan fingerprint density at radius 1 is 1.08 bits per heavy atom. The average molecular weight is 193 g/mol. The number of hydrogen-bond acceptors (Lipinski definition) is 1. The van der Waals surface area contributed by atoms with E-state index in [0.717, 1.165) is 25.7 Å². The molecule has 0 amide bonds. The van der Waals surface area contributed by atoms with E-state index in [-0.39, 0.29) is 12.0 Å². The fourth-order valence-electron chi connectivity index (χ4n) is 2.61. The highest BCUT2D eigenvalue weighted by Crippen LogP contribution is 2.37. The third-order valence-electron chi connectivity index (χ3n) is 3.22. The van der Waals surface area contributed by atoms with Crippen LogP contribution in [0, 0.1) is 5.92 Å². The van der Waals surface area contributed by atoms with E-state index < -0.39 is 12.6 Å². The normalized spacial score (nSPS) is 39.5. The largest absolute Gasteiger partial charge is 0.389 e. The van der Waals surface area contributed by atoms with Gasteiger partial charge in [-0.2, -0.15) is 13.2 Å². The summed E-state index contributed by atoms with van der Waals surface area (Å²) in [6.07, 6.45) is -0.900. The Labute approximate surface area is 75.7 Å². The summed E-state index contributed by atoms with van der Waals surface area (Å²) in [5.74, 6) is -0.168. The highest BCUT2D eigenvalue weighted by molar-refractivity contribution is 4.93. The van der Waals surface area contributed by atoms with Crippen molar-refractivity contribution < 1.29 is 13.2 Å². The Morgan fingerprint density at radius 2 is 1.77 bits per heavy atom. The number of halogens is 3. The fourth-order valence-corrected chi connectivity index (χ4v) is 2.61. The number of nitrogens with one attached hydrogen (secondary N) is 1. The molecule has 76 valence electrons. The molecule has 0 aliphatic carbocycles. The minimum atomic E-state index is -3.98. The number of fused-ring (bicyclic) bond motifs is 2. The predicted octanol–water partition coefficient (Wildman–Crippen LogP) is 2.47. The Kier molecular flexibility index (Phi) is 2.26. The van der Waals surface area contributed by atoms with Crippen molar-refractivity contribution in [3.8, 4) is 0 Å². The Balaban J connectivity index is 1.93. The molecule has 4 heteroatoms. The number of rotatable bonds is 1. The summed E-state index contributed by atoms with van der Waals surface area (Å²) in [4.78, 5) is 0. The number of piperidine rings is 1. The topological polar surface area (TPSA) is 12.0 Å². The molecule has 2 saturated heterocycles. The SMILES string of the molecule is FC(F)(F)CC1CCC2CCC1N2. The number of hydrogen-bond donors (Lipinski definition) is 1. The zero-order valence-electron chi connectivity index (χ0n) is 7.40. The average Bonchev–Trinajstić information content (AvgIpc) is 2.37. The summed E-state index contributed by atoms with van der Waals surface area (Å²) >= 11 is 0. The minimum Gasteiger partial charge on any atom is -0.311 e. The predicted molar refractivity (Wildman–Crippen MR) is 43.3 cm³/mol. The van der Waals surface area contributed by atoms with Gasteiger partial charge in [0, 0.05) is 18.5 Å². The van der Waals surface area contributed by atoms with Gasteiger partial charge >= 0.3 is 6.18 Å². The number of alkyl halides is 3. The van der Waals surface area contributed by atoms with Crippen molar-refractivity contribution in [2.45, 2.75) is 50.4 Å². The summed E-state index contributed by atoms with van der Waals surface area (Å²) < 4.78 is 36.4. The lowest BCUT2D eigenvalue weighted by atomic mass is 9.89. The molecule has 1 nitrogen and oxygen atoms in total. The van der Waals surface area contributed by atoms with Gasteiger partial charge in [0.05, 0.1) is 0 Å². The maximum Gasteiger partial charge on any atom is 0.389 e. The van der Waals surface area contributed by atoms with Gasteiger partial charge in [-0.15, -0.1) is 0 Å². The fraction of sp³-hybridized carbons (Fsp3) is 1.00. The smallest absolute Gasteiger partial charge is 0.311 e. The van der Waals surface area contributed by atoms with Gasteiger partial charge in [0.1, 0.15) is 0 Å². The van der Waals surface area contributed by atoms with E-state index in [2.05, 4.69) is 5.32 Å². The summed E-state index contributed by atoms with van der Waals surface area (Å²) in [5, 5.41) is 3.26. The first-order valence-corrected chi connectivity index (χ1v) is 4.87. The molecule has 2 heterocycles. The summed E-state index contributed by atoms with van der Waals surface area (Å²) in [6.45, 7) is 0. The standard InChI is InChI=1S/C9H14F3N/c10-9(11,12)5-6-1-2-7-3-4-8(6)13-7/h6-8,13H,1-5H2. The van der Waals surface area contributed by atoms with Crippen LogP contribution in [0.25, 0.3) is 0 Å². The van der Waals surface area contributed by atoms with Crippen molar-refractivity contribution >= 4 is 0 Å². The summed E-state index contributed by atoms with van der Waals surface area (Å²) in [7, 11) is 0. The zero-order valence-corrected chi connectivity index (χ0v) is 7.40. The van der Waals surface area contributed by atoms with Crippen molar-refractivity contribution in [3.05, 3.63) is 0 Å². The van der Waals surface area contributed by atoms with E-state index in [9.17, 15) is 13.2 Å². The first-order valence-electron chi connectivity index (χ1n) is 4.87. The van der Waals surface area contributed by atoms with Crippen LogP contribution in [0.3, 0.4) is 0 Å². The minimum absolute atomic E-state index is 0.139. The van der Waals surface area contributed by atoms with Crippen molar-refractivity contribution in [2.75, 3.05) is 0 Å². The van der Waals surface area contributed by atoms with Crippen molar-refractivity contribution in [1.82, 2.24) is 5.32 Å². The Bertz CT molecular complexity index is 190. The Morgan fingerprint density at radius 3 is 2.46 bits per heavy atom. The molecule has 2 aliphatic rings. The van der Waals surface area contributed by atoms with Crippen LogP contribution in [0.4, 0.5) is 13.2 Å². The van der Waals surface area contributed by atoms with E-state index >= 15 is 0 Å². The molecule has 13 heavy (non-hydrogen) atoms. The van der Waals surface area contributed by atoms with Crippen molar-refractivity contribution in [2.24, 2.45) is 5.92 Å². The van der Waals surface area contributed by atoms with E-state index in [1.165, 1.54) is 0 Å². The van der Waals surface area contributed by atoms with Gasteiger partial charge in [0.25, 0.3) is 0 Å². The molecule has 3 unspecified atom stereocenters. The highest BCUT2D eigenvalue weighted by Gasteiger charge is 2.41. The molecule has 1 N–H and O–H groups in total. The molecule has 2 aliphatic heterocycles. The summed E-state index contributed by atoms with van der Waals surface area (Å²) in [5.41, 5.74) is 0. The lowest BCUT2D eigenvalue weighted by Crippen LogP contribution is -2.41. The van der Waals surface area contributed by atoms with Crippen molar-refractivity contribution in [1.29, 1.82) is 0 Å². The molecular formula is C9H14F3N. The van der Waals surface area contributed by atoms with Crippen LogP contribution in [0.15, 0.2) is 0 Å². The molecule has 0 aromatic carbocycles. The van der Waals surface area contributed by atoms with E-state index in [4.69, 9.17) is 0 Å². The quantitative estimate of drug-likeness (QED) is 0.674. The van der Waals surface area contributed by atoms with E-state index in [1.54, 1.807) is 0 Å². The van der Waals surface area contributed by atoms with Crippen LogP contribution in [0.2, 0.25) is 0 Å². The first kappa shape index (κ1) is 9.31. The van der Waals surface area contributed by atoms with Gasteiger partial charge in [0.2, 0.25) is 0 Å².